The van der Waals surface area contributed by atoms with Crippen molar-refractivity contribution in [1.29, 1.82) is 0 Å². The van der Waals surface area contributed by atoms with E-state index in [1.54, 1.807) is 6.33 Å². The van der Waals surface area contributed by atoms with Gasteiger partial charge >= 0.3 is 0 Å². The van der Waals surface area contributed by atoms with Gasteiger partial charge in [-0.25, -0.2) is 9.97 Å². The molecule has 0 saturated carbocycles. The summed E-state index contributed by atoms with van der Waals surface area (Å²) in [4.78, 5) is 8.85. The monoisotopic (exact) mass is 291 g/mol. The average molecular weight is 292 g/mol. The molecule has 0 unspecified atom stereocenters. The van der Waals surface area contributed by atoms with E-state index in [2.05, 4.69) is 49.4 Å². The molecule has 17 heavy (non-hydrogen) atoms. The molecule has 0 radical (unpaired) electrons. The summed E-state index contributed by atoms with van der Waals surface area (Å²) in [5.41, 5.74) is 2.24. The Kier molecular flexibility index (Phi) is 3.07. The summed E-state index contributed by atoms with van der Waals surface area (Å²) < 4.78 is 1.07. The molecule has 1 N–H and O–H groups in total. The number of nitrogens with zero attached hydrogens (tertiary/aromatic N) is 2. The largest absolute Gasteiger partial charge is 0.317 e. The van der Waals surface area contributed by atoms with Gasteiger partial charge in [0.1, 0.15) is 6.33 Å². The Morgan fingerprint density at radius 2 is 2.00 bits per heavy atom. The van der Waals surface area contributed by atoms with Crippen LogP contribution in [0, 0.1) is 0 Å². The topological polar surface area (TPSA) is 37.8 Å². The van der Waals surface area contributed by atoms with Crippen LogP contribution in [0.2, 0.25) is 0 Å². The van der Waals surface area contributed by atoms with Gasteiger partial charge in [0.2, 0.25) is 0 Å². The molecule has 1 fully saturated rings. The molecular weight excluding hydrogens is 278 g/mol. The number of hydrogen-bond acceptors (Lipinski definition) is 3. The average Bonchev–Trinajstić information content (AvgIpc) is 2.39. The Bertz CT molecular complexity index is 535. The molecule has 4 heteroatoms. The van der Waals surface area contributed by atoms with Crippen LogP contribution in [0.15, 0.2) is 29.0 Å². The van der Waals surface area contributed by atoms with Gasteiger partial charge in [0.05, 0.1) is 11.2 Å². The van der Waals surface area contributed by atoms with Crippen molar-refractivity contribution >= 4 is 26.8 Å². The first-order valence-corrected chi connectivity index (χ1v) is 6.75. The van der Waals surface area contributed by atoms with Gasteiger partial charge in [0, 0.05) is 15.8 Å². The van der Waals surface area contributed by atoms with Crippen LogP contribution < -0.4 is 5.32 Å². The first-order chi connectivity index (χ1) is 8.34. The Morgan fingerprint density at radius 1 is 1.18 bits per heavy atom. The van der Waals surface area contributed by atoms with Crippen molar-refractivity contribution in [2.24, 2.45) is 0 Å². The molecule has 0 spiro atoms. The smallest absolute Gasteiger partial charge is 0.116 e. The second-order valence-electron chi connectivity index (χ2n) is 4.44. The van der Waals surface area contributed by atoms with Crippen molar-refractivity contribution in [2.75, 3.05) is 13.1 Å². The molecule has 1 aromatic carbocycles. The van der Waals surface area contributed by atoms with Gasteiger partial charge in [-0.2, -0.15) is 0 Å². The van der Waals surface area contributed by atoms with Crippen molar-refractivity contribution in [3.63, 3.8) is 0 Å². The van der Waals surface area contributed by atoms with Crippen molar-refractivity contribution in [3.05, 3.63) is 34.7 Å². The number of benzene rings is 1. The van der Waals surface area contributed by atoms with E-state index in [0.717, 1.165) is 23.1 Å². The summed E-state index contributed by atoms with van der Waals surface area (Å²) in [6, 6.07) is 6.24. The molecule has 2 heterocycles. The second-order valence-corrected chi connectivity index (χ2v) is 5.36. The van der Waals surface area contributed by atoms with Crippen LogP contribution in [0.5, 0.6) is 0 Å². The molecule has 1 aliphatic heterocycles. The van der Waals surface area contributed by atoms with Gasteiger partial charge < -0.3 is 5.32 Å². The standard InChI is InChI=1S/C13H14BrN3/c14-10-1-2-11-12(7-10)16-8-17-13(11)9-3-5-15-6-4-9/h1-2,7-9,15H,3-6H2. The Labute approximate surface area is 109 Å². The molecule has 88 valence electrons. The van der Waals surface area contributed by atoms with Crippen molar-refractivity contribution in [3.8, 4) is 0 Å². The molecule has 1 aromatic heterocycles. The van der Waals surface area contributed by atoms with Gasteiger partial charge in [-0.1, -0.05) is 15.9 Å². The quantitative estimate of drug-likeness (QED) is 0.878. The SMILES string of the molecule is Brc1ccc2c(C3CCNCC3)ncnc2c1. The van der Waals surface area contributed by atoms with Crippen LogP contribution in [-0.4, -0.2) is 23.1 Å². The highest BCUT2D eigenvalue weighted by Crippen LogP contribution is 2.29. The van der Waals surface area contributed by atoms with E-state index >= 15 is 0 Å². The summed E-state index contributed by atoms with van der Waals surface area (Å²) in [7, 11) is 0. The summed E-state index contributed by atoms with van der Waals surface area (Å²) in [6.45, 7) is 2.18. The fourth-order valence-corrected chi connectivity index (χ4v) is 2.82. The maximum Gasteiger partial charge on any atom is 0.116 e. The highest BCUT2D eigenvalue weighted by Gasteiger charge is 2.18. The number of nitrogens with one attached hydrogen (secondary N) is 1. The van der Waals surface area contributed by atoms with Crippen LogP contribution in [0.1, 0.15) is 24.5 Å². The maximum absolute atomic E-state index is 4.51. The van der Waals surface area contributed by atoms with E-state index in [1.165, 1.54) is 23.9 Å². The normalized spacial score (nSPS) is 17.5. The van der Waals surface area contributed by atoms with E-state index in [1.807, 2.05) is 0 Å². The zero-order chi connectivity index (χ0) is 11.7. The van der Waals surface area contributed by atoms with E-state index in [9.17, 15) is 0 Å². The third-order valence-corrected chi connectivity index (χ3v) is 3.85. The van der Waals surface area contributed by atoms with Crippen molar-refractivity contribution < 1.29 is 0 Å². The Morgan fingerprint density at radius 3 is 2.82 bits per heavy atom. The van der Waals surface area contributed by atoms with Gasteiger partial charge in [-0.05, 0) is 44.1 Å². The lowest BCUT2D eigenvalue weighted by atomic mass is 9.92. The minimum absolute atomic E-state index is 0.572. The molecule has 1 saturated heterocycles. The van der Waals surface area contributed by atoms with Crippen LogP contribution in [0.3, 0.4) is 0 Å². The zero-order valence-electron chi connectivity index (χ0n) is 9.49. The molecular formula is C13H14BrN3. The molecule has 0 aliphatic carbocycles. The van der Waals surface area contributed by atoms with E-state index in [-0.39, 0.29) is 0 Å². The number of fused-ring (bicyclic) bond motifs is 1. The molecule has 0 bridgehead atoms. The van der Waals surface area contributed by atoms with Gasteiger partial charge in [-0.3, -0.25) is 0 Å². The summed E-state index contributed by atoms with van der Waals surface area (Å²) in [5, 5.41) is 4.59. The lowest BCUT2D eigenvalue weighted by molar-refractivity contribution is 0.455. The Hall–Kier alpha value is -1.00. The molecule has 0 amide bonds. The zero-order valence-corrected chi connectivity index (χ0v) is 11.1. The minimum atomic E-state index is 0.572. The van der Waals surface area contributed by atoms with Gasteiger partial charge in [0.15, 0.2) is 0 Å². The fourth-order valence-electron chi connectivity index (χ4n) is 2.47. The van der Waals surface area contributed by atoms with Gasteiger partial charge in [-0.15, -0.1) is 0 Å². The van der Waals surface area contributed by atoms with E-state index < -0.39 is 0 Å². The van der Waals surface area contributed by atoms with Crippen LogP contribution in [-0.2, 0) is 0 Å². The third kappa shape index (κ3) is 2.19. The lowest BCUT2D eigenvalue weighted by Gasteiger charge is -2.22. The number of aromatic nitrogens is 2. The highest BCUT2D eigenvalue weighted by atomic mass is 79.9. The maximum atomic E-state index is 4.51. The number of piperidine rings is 1. The first kappa shape index (κ1) is 11.1. The predicted octanol–water partition coefficient (Wildman–Crippen LogP) is 2.86. The number of hydrogen-bond donors (Lipinski definition) is 1. The van der Waals surface area contributed by atoms with Crippen molar-refractivity contribution in [1.82, 2.24) is 15.3 Å². The third-order valence-electron chi connectivity index (χ3n) is 3.36. The highest BCUT2D eigenvalue weighted by molar-refractivity contribution is 9.10. The lowest BCUT2D eigenvalue weighted by Crippen LogP contribution is -2.27. The molecule has 3 nitrogen and oxygen atoms in total. The summed E-state index contributed by atoms with van der Waals surface area (Å²) in [5.74, 6) is 0.572. The summed E-state index contributed by atoms with van der Waals surface area (Å²) >= 11 is 3.48. The minimum Gasteiger partial charge on any atom is -0.317 e. The predicted molar refractivity (Wildman–Crippen MR) is 72.1 cm³/mol. The molecule has 1 aliphatic rings. The number of halogens is 1. The van der Waals surface area contributed by atoms with Crippen LogP contribution in [0.25, 0.3) is 10.9 Å². The molecule has 3 rings (SSSR count). The number of rotatable bonds is 1. The molecule has 2 aromatic rings. The van der Waals surface area contributed by atoms with Crippen LogP contribution in [0.4, 0.5) is 0 Å². The Balaban J connectivity index is 2.09. The van der Waals surface area contributed by atoms with E-state index in [0.29, 0.717) is 5.92 Å². The van der Waals surface area contributed by atoms with Crippen molar-refractivity contribution in [2.45, 2.75) is 18.8 Å². The molecule has 0 atom stereocenters. The van der Waals surface area contributed by atoms with Crippen LogP contribution >= 0.6 is 15.9 Å². The van der Waals surface area contributed by atoms with E-state index in [4.69, 9.17) is 0 Å². The summed E-state index contributed by atoms with van der Waals surface area (Å²) in [6.07, 6.45) is 4.02. The first-order valence-electron chi connectivity index (χ1n) is 5.95. The second kappa shape index (κ2) is 4.70. The van der Waals surface area contributed by atoms with Gasteiger partial charge in [0.25, 0.3) is 0 Å². The fraction of sp³-hybridized carbons (Fsp3) is 0.385.